The Bertz CT molecular complexity index is 879. The third-order valence-electron chi connectivity index (χ3n) is 3.45. The molecule has 0 saturated carbocycles. The number of hydrazine groups is 1. The summed E-state index contributed by atoms with van der Waals surface area (Å²) < 4.78 is 0.778. The zero-order valence-electron chi connectivity index (χ0n) is 13.8. The van der Waals surface area contributed by atoms with E-state index in [1.165, 1.54) is 18.2 Å². The number of primary amides is 1. The Morgan fingerprint density at radius 3 is 2.48 bits per heavy atom. The van der Waals surface area contributed by atoms with Crippen molar-refractivity contribution in [3.63, 3.8) is 0 Å². The van der Waals surface area contributed by atoms with Gasteiger partial charge in [-0.3, -0.25) is 20.4 Å². The van der Waals surface area contributed by atoms with Crippen molar-refractivity contribution in [1.82, 2.24) is 16.2 Å². The van der Waals surface area contributed by atoms with Crippen molar-refractivity contribution >= 4 is 57.0 Å². The van der Waals surface area contributed by atoms with E-state index in [4.69, 9.17) is 28.9 Å². The van der Waals surface area contributed by atoms with Crippen LogP contribution in [0.15, 0.2) is 46.9 Å². The summed E-state index contributed by atoms with van der Waals surface area (Å²) in [6.07, 6.45) is -0.150. The maximum absolute atomic E-state index is 12.2. The van der Waals surface area contributed by atoms with Gasteiger partial charge >= 0.3 is 6.03 Å². The zero-order chi connectivity index (χ0) is 20.0. The second-order valence-electron chi connectivity index (χ2n) is 5.45. The SMILES string of the molecule is NC(=O)N[C@H](CC(=O)NNC(=O)c1cc(Cl)ccc1Cl)c1cccc(Br)c1. The molecule has 4 amide bonds. The lowest BCUT2D eigenvalue weighted by Gasteiger charge is -2.18. The van der Waals surface area contributed by atoms with Gasteiger partial charge in [0.2, 0.25) is 5.91 Å². The van der Waals surface area contributed by atoms with Gasteiger partial charge in [0.05, 0.1) is 23.0 Å². The van der Waals surface area contributed by atoms with Gasteiger partial charge in [-0.05, 0) is 35.9 Å². The number of carbonyl (C=O) groups excluding carboxylic acids is 3. The van der Waals surface area contributed by atoms with E-state index in [-0.39, 0.29) is 17.0 Å². The first-order valence-electron chi connectivity index (χ1n) is 7.62. The number of rotatable bonds is 5. The van der Waals surface area contributed by atoms with E-state index in [9.17, 15) is 14.4 Å². The van der Waals surface area contributed by atoms with Gasteiger partial charge in [-0.2, -0.15) is 0 Å². The highest BCUT2D eigenvalue weighted by atomic mass is 79.9. The summed E-state index contributed by atoms with van der Waals surface area (Å²) in [4.78, 5) is 35.6. The Kier molecular flexibility index (Phi) is 7.46. The summed E-state index contributed by atoms with van der Waals surface area (Å²) in [6, 6.07) is 9.99. The first-order valence-corrected chi connectivity index (χ1v) is 9.17. The predicted molar refractivity (Wildman–Crippen MR) is 106 cm³/mol. The number of hydrogen-bond acceptors (Lipinski definition) is 3. The summed E-state index contributed by atoms with van der Waals surface area (Å²) in [5.74, 6) is -1.17. The fourth-order valence-corrected chi connectivity index (χ4v) is 3.04. The molecule has 2 rings (SSSR count). The van der Waals surface area contributed by atoms with Crippen molar-refractivity contribution < 1.29 is 14.4 Å². The maximum Gasteiger partial charge on any atom is 0.312 e. The van der Waals surface area contributed by atoms with E-state index in [0.29, 0.717) is 10.6 Å². The van der Waals surface area contributed by atoms with Gasteiger partial charge in [0.1, 0.15) is 0 Å². The van der Waals surface area contributed by atoms with E-state index in [2.05, 4.69) is 32.1 Å². The van der Waals surface area contributed by atoms with Crippen molar-refractivity contribution in [3.8, 4) is 0 Å². The van der Waals surface area contributed by atoms with Crippen molar-refractivity contribution in [2.75, 3.05) is 0 Å². The highest BCUT2D eigenvalue weighted by Gasteiger charge is 2.19. The first kappa shape index (κ1) is 21.0. The molecule has 1 atom stereocenters. The lowest BCUT2D eigenvalue weighted by molar-refractivity contribution is -0.122. The van der Waals surface area contributed by atoms with Crippen LogP contribution in [-0.2, 0) is 4.79 Å². The van der Waals surface area contributed by atoms with E-state index < -0.39 is 23.9 Å². The number of urea groups is 1. The van der Waals surface area contributed by atoms with Gasteiger partial charge in [-0.15, -0.1) is 0 Å². The normalized spacial score (nSPS) is 11.4. The van der Waals surface area contributed by atoms with Crippen LogP contribution in [0.1, 0.15) is 28.4 Å². The maximum atomic E-state index is 12.2. The van der Waals surface area contributed by atoms with Gasteiger partial charge in [-0.25, -0.2) is 4.79 Å². The van der Waals surface area contributed by atoms with Crippen LogP contribution >= 0.6 is 39.1 Å². The Balaban J connectivity index is 2.02. The molecule has 5 N–H and O–H groups in total. The lowest BCUT2D eigenvalue weighted by atomic mass is 10.0. The molecule has 2 aromatic rings. The quantitative estimate of drug-likeness (QED) is 0.499. The first-order chi connectivity index (χ1) is 12.8. The summed E-state index contributed by atoms with van der Waals surface area (Å²) in [7, 11) is 0. The summed E-state index contributed by atoms with van der Waals surface area (Å²) in [6.45, 7) is 0. The topological polar surface area (TPSA) is 113 Å². The molecule has 0 unspecified atom stereocenters. The van der Waals surface area contributed by atoms with Crippen molar-refractivity contribution in [2.45, 2.75) is 12.5 Å². The van der Waals surface area contributed by atoms with Crippen LogP contribution in [0, 0.1) is 0 Å². The summed E-state index contributed by atoms with van der Waals surface area (Å²) in [5, 5.41) is 3.01. The van der Waals surface area contributed by atoms with Gasteiger partial charge < -0.3 is 11.1 Å². The Hall–Kier alpha value is -2.29. The molecule has 0 spiro atoms. The fraction of sp³-hybridized carbons (Fsp3) is 0.118. The van der Waals surface area contributed by atoms with E-state index in [1.54, 1.807) is 24.3 Å². The Labute approximate surface area is 173 Å². The van der Waals surface area contributed by atoms with Gasteiger partial charge in [0.15, 0.2) is 0 Å². The number of carbonyl (C=O) groups is 3. The third-order valence-corrected chi connectivity index (χ3v) is 4.50. The predicted octanol–water partition coefficient (Wildman–Crippen LogP) is 3.32. The molecule has 0 aliphatic heterocycles. The van der Waals surface area contributed by atoms with Crippen molar-refractivity contribution in [3.05, 3.63) is 68.1 Å². The number of nitrogens with two attached hydrogens (primary N) is 1. The van der Waals surface area contributed by atoms with Crippen LogP contribution < -0.4 is 21.9 Å². The molecule has 0 aliphatic carbocycles. The molecule has 10 heteroatoms. The molecule has 7 nitrogen and oxygen atoms in total. The van der Waals surface area contributed by atoms with Crippen LogP contribution in [0.4, 0.5) is 4.79 Å². The van der Waals surface area contributed by atoms with Crippen LogP contribution in [-0.4, -0.2) is 17.8 Å². The highest BCUT2D eigenvalue weighted by Crippen LogP contribution is 2.21. The van der Waals surface area contributed by atoms with E-state index in [1.807, 2.05) is 0 Å². The molecule has 27 heavy (non-hydrogen) atoms. The van der Waals surface area contributed by atoms with Crippen LogP contribution in [0.2, 0.25) is 10.0 Å². The monoisotopic (exact) mass is 472 g/mol. The number of nitrogens with one attached hydrogen (secondary N) is 3. The van der Waals surface area contributed by atoms with E-state index >= 15 is 0 Å². The largest absolute Gasteiger partial charge is 0.352 e. The van der Waals surface area contributed by atoms with E-state index in [0.717, 1.165) is 4.47 Å². The number of hydrogen-bond donors (Lipinski definition) is 4. The molecule has 142 valence electrons. The average Bonchev–Trinajstić information content (AvgIpc) is 2.60. The smallest absolute Gasteiger partial charge is 0.312 e. The summed E-state index contributed by atoms with van der Waals surface area (Å²) >= 11 is 15.1. The molecule has 0 aromatic heterocycles. The minimum Gasteiger partial charge on any atom is -0.352 e. The molecule has 0 saturated heterocycles. The molecular formula is C17H15BrCl2N4O3. The van der Waals surface area contributed by atoms with Crippen LogP contribution in [0.3, 0.4) is 0 Å². The molecule has 2 aromatic carbocycles. The number of amides is 4. The highest BCUT2D eigenvalue weighted by molar-refractivity contribution is 9.10. The van der Waals surface area contributed by atoms with Crippen molar-refractivity contribution in [2.24, 2.45) is 5.73 Å². The molecular weight excluding hydrogens is 459 g/mol. The molecule has 0 fully saturated rings. The zero-order valence-corrected chi connectivity index (χ0v) is 16.9. The standard InChI is InChI=1S/C17H15BrCl2N4O3/c18-10-3-1-2-9(6-10)14(22-17(21)27)8-15(25)23-24-16(26)12-7-11(19)4-5-13(12)20/h1-7,14H,8H2,(H,23,25)(H,24,26)(H3,21,22,27)/t14-/m1/s1. The van der Waals surface area contributed by atoms with Gasteiger partial charge in [0, 0.05) is 9.50 Å². The second-order valence-corrected chi connectivity index (χ2v) is 7.21. The average molecular weight is 474 g/mol. The van der Waals surface area contributed by atoms with Gasteiger partial charge in [0.25, 0.3) is 5.91 Å². The lowest BCUT2D eigenvalue weighted by Crippen LogP contribution is -2.44. The van der Waals surface area contributed by atoms with Crippen LogP contribution in [0.25, 0.3) is 0 Å². The third kappa shape index (κ3) is 6.42. The fourth-order valence-electron chi connectivity index (χ4n) is 2.25. The summed E-state index contributed by atoms with van der Waals surface area (Å²) in [5.41, 5.74) is 10.5. The van der Waals surface area contributed by atoms with Crippen molar-refractivity contribution in [1.29, 1.82) is 0 Å². The number of halogens is 3. The molecule has 0 aliphatic rings. The minimum atomic E-state index is -0.775. The second kappa shape index (κ2) is 9.59. The Morgan fingerprint density at radius 1 is 1.07 bits per heavy atom. The Morgan fingerprint density at radius 2 is 1.81 bits per heavy atom. The van der Waals surface area contributed by atoms with Crippen LogP contribution in [0.5, 0.6) is 0 Å². The molecule has 0 heterocycles. The van der Waals surface area contributed by atoms with Gasteiger partial charge in [-0.1, -0.05) is 51.3 Å². The molecule has 0 radical (unpaired) electrons. The molecule has 0 bridgehead atoms. The number of benzene rings is 2. The minimum absolute atomic E-state index is 0.114.